The monoisotopic (exact) mass is 455 g/mol. The van der Waals surface area contributed by atoms with E-state index in [0.717, 1.165) is 0 Å². The fourth-order valence-electron chi connectivity index (χ4n) is 3.11. The number of hydrogen-bond donors (Lipinski definition) is 1. The predicted octanol–water partition coefficient (Wildman–Crippen LogP) is 0.300. The van der Waals surface area contributed by atoms with Crippen LogP contribution < -0.4 is 9.64 Å². The summed E-state index contributed by atoms with van der Waals surface area (Å²) in [5, 5.41) is 24.0. The summed E-state index contributed by atoms with van der Waals surface area (Å²) in [5.74, 6) is -0.749. The third-order valence-corrected chi connectivity index (χ3v) is 6.53. The van der Waals surface area contributed by atoms with E-state index in [0.29, 0.717) is 38.8 Å². The first-order chi connectivity index (χ1) is 14.9. The second-order valence-electron chi connectivity index (χ2n) is 7.14. The Labute approximate surface area is 179 Å². The van der Waals surface area contributed by atoms with E-state index in [4.69, 9.17) is 9.47 Å². The second kappa shape index (κ2) is 10.6. The molecule has 1 fully saturated rings. The highest BCUT2D eigenvalue weighted by Gasteiger charge is 2.35. The van der Waals surface area contributed by atoms with Gasteiger partial charge in [-0.25, -0.2) is 8.42 Å². The molecule has 0 unspecified atom stereocenters. The summed E-state index contributed by atoms with van der Waals surface area (Å²) in [6, 6.07) is 7.43. The molecule has 31 heavy (non-hydrogen) atoms. The maximum atomic E-state index is 12.7. The molecule has 1 aromatic heterocycles. The van der Waals surface area contributed by atoms with Crippen LogP contribution in [0.15, 0.2) is 44.9 Å². The number of aliphatic hydroxyl groups excluding tert-OH is 1. The molecule has 11 nitrogen and oxygen atoms in total. The molecule has 1 aromatic carbocycles. The first-order valence-corrected chi connectivity index (χ1v) is 11.4. The molecule has 0 amide bonds. The average Bonchev–Trinajstić information content (AvgIpc) is 3.14. The molecule has 170 valence electrons. The molecule has 0 bridgehead atoms. The van der Waals surface area contributed by atoms with Gasteiger partial charge in [0.25, 0.3) is 9.84 Å². The molecule has 12 heteroatoms. The quantitative estimate of drug-likeness (QED) is 0.301. The zero-order valence-corrected chi connectivity index (χ0v) is 17.7. The Hall–Kier alpha value is -2.70. The number of benzene rings is 1. The van der Waals surface area contributed by atoms with Crippen molar-refractivity contribution in [3.63, 3.8) is 0 Å². The van der Waals surface area contributed by atoms with Gasteiger partial charge in [-0.2, -0.15) is 0 Å². The molecule has 1 aliphatic heterocycles. The van der Waals surface area contributed by atoms with Crippen LogP contribution in [0.2, 0.25) is 0 Å². The lowest BCUT2D eigenvalue weighted by molar-refractivity contribution is -0.832. The minimum atomic E-state index is -4.15. The number of carbonyl (C=O) groups is 1. The summed E-state index contributed by atoms with van der Waals surface area (Å²) in [6.45, 7) is 1.76. The van der Waals surface area contributed by atoms with Crippen molar-refractivity contribution in [3.05, 3.63) is 35.5 Å². The minimum Gasteiger partial charge on any atom is -0.465 e. The maximum absolute atomic E-state index is 12.7. The van der Waals surface area contributed by atoms with Crippen LogP contribution in [0.3, 0.4) is 0 Å². The molecular weight excluding hydrogens is 430 g/mol. The molecule has 0 saturated carbocycles. The summed E-state index contributed by atoms with van der Waals surface area (Å²) in [6.07, 6.45) is 1.94. The zero-order chi connectivity index (χ0) is 22.3. The Morgan fingerprint density at radius 3 is 2.61 bits per heavy atom. The van der Waals surface area contributed by atoms with Gasteiger partial charge in [0.15, 0.2) is 0 Å². The Morgan fingerprint density at radius 1 is 1.23 bits per heavy atom. The Kier molecular flexibility index (Phi) is 7.82. The topological polar surface area (TPSA) is 146 Å². The van der Waals surface area contributed by atoms with E-state index in [-0.39, 0.29) is 41.6 Å². The summed E-state index contributed by atoms with van der Waals surface area (Å²) >= 11 is 0. The van der Waals surface area contributed by atoms with Crippen LogP contribution in [0.1, 0.15) is 25.7 Å². The third kappa shape index (κ3) is 6.15. The largest absolute Gasteiger partial charge is 0.465 e. The van der Waals surface area contributed by atoms with Crippen LogP contribution in [-0.4, -0.2) is 68.5 Å². The van der Waals surface area contributed by atoms with Crippen LogP contribution in [0.25, 0.3) is 0 Å². The van der Waals surface area contributed by atoms with Gasteiger partial charge in [-0.1, -0.05) is 18.2 Å². The number of ether oxygens (including phenoxy) is 2. The van der Waals surface area contributed by atoms with Crippen molar-refractivity contribution in [2.45, 2.75) is 41.7 Å². The highest BCUT2D eigenvalue weighted by Crippen LogP contribution is 2.25. The Bertz CT molecular complexity index is 956. The number of aliphatic hydroxyl groups is 1. The van der Waals surface area contributed by atoms with Crippen molar-refractivity contribution >= 4 is 15.8 Å². The SMILES string of the molecule is O=C(CN1CCC(O)CC1)OCCCCOc1no[n+]([O-])c1S(=O)(=O)c1ccccc1. The van der Waals surface area contributed by atoms with Crippen molar-refractivity contribution in [1.82, 2.24) is 10.1 Å². The van der Waals surface area contributed by atoms with Crippen LogP contribution in [0.5, 0.6) is 5.88 Å². The van der Waals surface area contributed by atoms with Crippen LogP contribution in [0.4, 0.5) is 0 Å². The molecule has 0 aliphatic carbocycles. The summed E-state index contributed by atoms with van der Waals surface area (Å²) in [5.41, 5.74) is 0. The molecular formula is C19H25N3O8S. The number of aromatic nitrogens is 2. The lowest BCUT2D eigenvalue weighted by Gasteiger charge is -2.28. The number of sulfone groups is 1. The van der Waals surface area contributed by atoms with Crippen LogP contribution in [-0.2, 0) is 19.4 Å². The van der Waals surface area contributed by atoms with Gasteiger partial charge in [-0.15, -0.1) is 0 Å². The number of esters is 1. The molecule has 0 atom stereocenters. The van der Waals surface area contributed by atoms with Gasteiger partial charge < -0.3 is 19.8 Å². The predicted molar refractivity (Wildman–Crippen MR) is 105 cm³/mol. The van der Waals surface area contributed by atoms with Crippen molar-refractivity contribution in [2.24, 2.45) is 0 Å². The van der Waals surface area contributed by atoms with Gasteiger partial charge in [-0.3, -0.25) is 14.3 Å². The second-order valence-corrected chi connectivity index (χ2v) is 9.01. The molecule has 2 aromatic rings. The number of carbonyl (C=O) groups excluding carboxylic acids is 1. The van der Waals surface area contributed by atoms with Gasteiger partial charge in [0.05, 0.1) is 35.9 Å². The Balaban J connectivity index is 1.41. The molecule has 1 N–H and O–H groups in total. The van der Waals surface area contributed by atoms with E-state index in [2.05, 4.69) is 9.79 Å². The Morgan fingerprint density at radius 2 is 1.90 bits per heavy atom. The van der Waals surface area contributed by atoms with E-state index in [1.54, 1.807) is 6.07 Å². The normalized spacial score (nSPS) is 15.6. The number of piperidine rings is 1. The highest BCUT2D eigenvalue weighted by atomic mass is 32.2. The summed E-state index contributed by atoms with van der Waals surface area (Å²) < 4.78 is 40.2. The molecule has 0 radical (unpaired) electrons. The van der Waals surface area contributed by atoms with E-state index < -0.39 is 20.7 Å². The van der Waals surface area contributed by atoms with Gasteiger partial charge in [0, 0.05) is 13.1 Å². The molecule has 1 aliphatic rings. The van der Waals surface area contributed by atoms with E-state index >= 15 is 0 Å². The number of nitrogens with zero attached hydrogens (tertiary/aromatic N) is 3. The van der Waals surface area contributed by atoms with Gasteiger partial charge in [0.1, 0.15) is 0 Å². The molecule has 1 saturated heterocycles. The lowest BCUT2D eigenvalue weighted by atomic mass is 10.1. The van der Waals surface area contributed by atoms with Crippen LogP contribution in [0, 0.1) is 5.21 Å². The number of hydrogen-bond acceptors (Lipinski definition) is 10. The fourth-order valence-corrected chi connectivity index (χ4v) is 4.40. The summed E-state index contributed by atoms with van der Waals surface area (Å²) in [7, 11) is -4.15. The summed E-state index contributed by atoms with van der Waals surface area (Å²) in [4.78, 5) is 13.5. The van der Waals surface area contributed by atoms with Crippen molar-refractivity contribution < 1.29 is 37.3 Å². The van der Waals surface area contributed by atoms with Gasteiger partial charge in [0.2, 0.25) is 0 Å². The zero-order valence-electron chi connectivity index (χ0n) is 16.9. The van der Waals surface area contributed by atoms with E-state index in [1.807, 2.05) is 4.90 Å². The average molecular weight is 455 g/mol. The van der Waals surface area contributed by atoms with Crippen molar-refractivity contribution in [2.75, 3.05) is 32.8 Å². The van der Waals surface area contributed by atoms with Crippen molar-refractivity contribution in [1.29, 1.82) is 0 Å². The highest BCUT2D eigenvalue weighted by molar-refractivity contribution is 7.91. The van der Waals surface area contributed by atoms with Crippen molar-refractivity contribution in [3.8, 4) is 5.88 Å². The first-order valence-electron chi connectivity index (χ1n) is 9.96. The van der Waals surface area contributed by atoms with E-state index in [9.17, 15) is 23.5 Å². The lowest BCUT2D eigenvalue weighted by Crippen LogP contribution is -2.39. The maximum Gasteiger partial charge on any atom is 0.414 e. The van der Waals surface area contributed by atoms with Crippen LogP contribution >= 0.6 is 0 Å². The third-order valence-electron chi connectivity index (χ3n) is 4.81. The first kappa shape index (κ1) is 23.0. The van der Waals surface area contributed by atoms with Gasteiger partial charge >= 0.3 is 16.9 Å². The fraction of sp³-hybridized carbons (Fsp3) is 0.526. The molecule has 2 heterocycles. The van der Waals surface area contributed by atoms with E-state index in [1.165, 1.54) is 24.3 Å². The molecule has 3 rings (SSSR count). The number of rotatable bonds is 10. The smallest absolute Gasteiger partial charge is 0.414 e. The van der Waals surface area contributed by atoms with Gasteiger partial charge in [-0.05, 0) is 42.7 Å². The number of likely N-dealkylation sites (tertiary alicyclic amines) is 1. The standard InChI is InChI=1S/C19H25N3O8S/c23-15-8-10-21(11-9-15)14-17(24)28-12-4-5-13-29-18-19(22(25)30-20-18)31(26,27)16-6-2-1-3-7-16/h1-3,6-7,15,23H,4-5,8-14H2. The molecule has 0 spiro atoms. The minimum absolute atomic E-state index is 0.0609. The number of unbranched alkanes of at least 4 members (excludes halogenated alkanes) is 1.